The van der Waals surface area contributed by atoms with Gasteiger partial charge in [0.25, 0.3) is 0 Å². The summed E-state index contributed by atoms with van der Waals surface area (Å²) in [6.07, 6.45) is 0.714. The molecule has 6 heteroatoms. The lowest BCUT2D eigenvalue weighted by atomic mass is 9.75. The maximum Gasteiger partial charge on any atom is 0.309 e. The van der Waals surface area contributed by atoms with E-state index >= 15 is 0 Å². The summed E-state index contributed by atoms with van der Waals surface area (Å²) in [7, 11) is 0. The molecular weight excluding hydrogens is 228 g/mol. The first-order valence-corrected chi connectivity index (χ1v) is 5.70. The molecular formula is C11H16O6. The van der Waals surface area contributed by atoms with Gasteiger partial charge in [-0.15, -0.1) is 0 Å². The lowest BCUT2D eigenvalue weighted by Crippen LogP contribution is -2.35. The van der Waals surface area contributed by atoms with Crippen LogP contribution < -0.4 is 0 Å². The minimum absolute atomic E-state index is 0.0290. The zero-order valence-electron chi connectivity index (χ0n) is 9.42. The first-order chi connectivity index (χ1) is 8.02. The van der Waals surface area contributed by atoms with E-state index in [-0.39, 0.29) is 25.0 Å². The Morgan fingerprint density at radius 1 is 1.12 bits per heavy atom. The first kappa shape index (κ1) is 12.3. The van der Waals surface area contributed by atoms with Gasteiger partial charge in [0.15, 0.2) is 0 Å². The number of carbonyl (C=O) groups is 2. The molecule has 0 aromatic rings. The van der Waals surface area contributed by atoms with E-state index < -0.39 is 17.4 Å². The lowest BCUT2D eigenvalue weighted by molar-refractivity contribution is -0.152. The van der Waals surface area contributed by atoms with Crippen LogP contribution in [0.2, 0.25) is 0 Å². The highest BCUT2D eigenvalue weighted by molar-refractivity contribution is 5.76. The third-order valence-corrected chi connectivity index (χ3v) is 3.31. The molecule has 0 saturated carbocycles. The number of ether oxygens (including phenoxy) is 2. The van der Waals surface area contributed by atoms with E-state index in [0.29, 0.717) is 26.1 Å². The van der Waals surface area contributed by atoms with E-state index in [2.05, 4.69) is 0 Å². The fourth-order valence-electron chi connectivity index (χ4n) is 2.16. The van der Waals surface area contributed by atoms with Crippen LogP contribution in [-0.4, -0.2) is 47.6 Å². The quantitative estimate of drug-likeness (QED) is 0.603. The lowest BCUT2D eigenvalue weighted by Gasteiger charge is -2.27. The molecule has 2 aliphatic rings. The van der Waals surface area contributed by atoms with Gasteiger partial charge < -0.3 is 19.7 Å². The van der Waals surface area contributed by atoms with Gasteiger partial charge >= 0.3 is 11.9 Å². The summed E-state index contributed by atoms with van der Waals surface area (Å²) >= 11 is 0. The largest absolute Gasteiger partial charge is 0.481 e. The molecule has 2 aliphatic heterocycles. The molecule has 2 saturated heterocycles. The van der Waals surface area contributed by atoms with Gasteiger partial charge in [0.2, 0.25) is 0 Å². The summed E-state index contributed by atoms with van der Waals surface area (Å²) in [6, 6.07) is 0. The van der Waals surface area contributed by atoms with Crippen LogP contribution in [0.1, 0.15) is 25.7 Å². The normalized spacial score (nSPS) is 29.4. The van der Waals surface area contributed by atoms with E-state index in [1.807, 2.05) is 0 Å². The third kappa shape index (κ3) is 3.41. The number of carboxylic acids is 2. The van der Waals surface area contributed by atoms with Gasteiger partial charge in [-0.05, 0) is 19.3 Å². The average Bonchev–Trinajstić information content (AvgIpc) is 3.09. The van der Waals surface area contributed by atoms with Gasteiger partial charge in [-0.3, -0.25) is 9.59 Å². The van der Waals surface area contributed by atoms with Gasteiger partial charge in [-0.1, -0.05) is 0 Å². The minimum atomic E-state index is -1.01. The summed E-state index contributed by atoms with van der Waals surface area (Å²) in [6.45, 7) is 1.15. The molecule has 2 atom stereocenters. The smallest absolute Gasteiger partial charge is 0.309 e. The van der Waals surface area contributed by atoms with E-state index in [4.69, 9.17) is 14.6 Å². The van der Waals surface area contributed by atoms with Crippen LogP contribution in [0, 0.1) is 5.41 Å². The number of carboxylic acid groups (broad SMARTS) is 2. The Balaban J connectivity index is 2.03. The molecule has 2 heterocycles. The third-order valence-electron chi connectivity index (χ3n) is 3.31. The second kappa shape index (κ2) is 4.62. The van der Waals surface area contributed by atoms with Crippen molar-refractivity contribution in [2.24, 2.45) is 5.41 Å². The fraction of sp³-hybridized carbons (Fsp3) is 0.818. The molecule has 0 bridgehead atoms. The van der Waals surface area contributed by atoms with E-state index in [0.717, 1.165) is 0 Å². The molecule has 6 nitrogen and oxygen atoms in total. The Kier molecular flexibility index (Phi) is 3.35. The molecule has 0 radical (unpaired) electrons. The van der Waals surface area contributed by atoms with Crippen molar-refractivity contribution in [1.82, 2.24) is 0 Å². The Bertz CT molecular complexity index is 304. The minimum Gasteiger partial charge on any atom is -0.481 e. The maximum atomic E-state index is 11.5. The first-order valence-electron chi connectivity index (χ1n) is 5.70. The Morgan fingerprint density at radius 3 is 1.88 bits per heavy atom. The van der Waals surface area contributed by atoms with Crippen molar-refractivity contribution < 1.29 is 29.3 Å². The van der Waals surface area contributed by atoms with Crippen molar-refractivity contribution in [3.05, 3.63) is 0 Å². The van der Waals surface area contributed by atoms with Gasteiger partial charge in [0, 0.05) is 6.42 Å². The summed E-state index contributed by atoms with van der Waals surface area (Å²) in [4.78, 5) is 22.1. The van der Waals surface area contributed by atoms with Crippen LogP contribution in [-0.2, 0) is 19.1 Å². The molecule has 2 fully saturated rings. The Labute approximate surface area is 98.5 Å². The van der Waals surface area contributed by atoms with Crippen molar-refractivity contribution in [1.29, 1.82) is 0 Å². The highest BCUT2D eigenvalue weighted by atomic mass is 16.6. The van der Waals surface area contributed by atoms with Crippen molar-refractivity contribution in [2.45, 2.75) is 37.9 Å². The standard InChI is InChI=1S/C11H16O6/c12-9(13)1-2-11(10(14)15,3-7-5-16-7)4-8-6-17-8/h7-8H,1-6H2,(H,12,13)(H,14,15). The summed E-state index contributed by atoms with van der Waals surface area (Å²) in [5, 5.41) is 18.1. The van der Waals surface area contributed by atoms with Crippen LogP contribution >= 0.6 is 0 Å². The highest BCUT2D eigenvalue weighted by Crippen LogP contribution is 2.41. The second-order valence-electron chi connectivity index (χ2n) is 4.80. The topological polar surface area (TPSA) is 99.7 Å². The molecule has 2 unspecified atom stereocenters. The molecule has 0 aromatic heterocycles. The zero-order valence-corrected chi connectivity index (χ0v) is 9.42. The van der Waals surface area contributed by atoms with Crippen LogP contribution in [0.15, 0.2) is 0 Å². The van der Waals surface area contributed by atoms with Crippen LogP contribution in [0.3, 0.4) is 0 Å². The SMILES string of the molecule is O=C(O)CCC(CC1CO1)(CC1CO1)C(=O)O. The maximum absolute atomic E-state index is 11.5. The van der Waals surface area contributed by atoms with Gasteiger partial charge in [-0.2, -0.15) is 0 Å². The molecule has 0 spiro atoms. The van der Waals surface area contributed by atoms with E-state index in [1.54, 1.807) is 0 Å². The van der Waals surface area contributed by atoms with Gasteiger partial charge in [-0.25, -0.2) is 0 Å². The van der Waals surface area contributed by atoms with Crippen LogP contribution in [0.25, 0.3) is 0 Å². The van der Waals surface area contributed by atoms with Crippen molar-refractivity contribution in [3.63, 3.8) is 0 Å². The van der Waals surface area contributed by atoms with Crippen LogP contribution in [0.5, 0.6) is 0 Å². The molecule has 0 aromatic carbocycles. The van der Waals surface area contributed by atoms with Crippen molar-refractivity contribution in [3.8, 4) is 0 Å². The highest BCUT2D eigenvalue weighted by Gasteiger charge is 2.47. The fourth-order valence-corrected chi connectivity index (χ4v) is 2.16. The molecule has 96 valence electrons. The average molecular weight is 244 g/mol. The zero-order chi connectivity index (χ0) is 12.5. The number of rotatable bonds is 8. The van der Waals surface area contributed by atoms with Gasteiger partial charge in [0.05, 0.1) is 30.8 Å². The molecule has 2 rings (SSSR count). The molecule has 2 N–H and O–H groups in total. The van der Waals surface area contributed by atoms with Gasteiger partial charge in [0.1, 0.15) is 0 Å². The predicted octanol–water partition coefficient (Wildman–Crippen LogP) is 0.500. The van der Waals surface area contributed by atoms with E-state index in [9.17, 15) is 14.7 Å². The molecule has 0 aliphatic carbocycles. The number of hydrogen-bond acceptors (Lipinski definition) is 4. The number of epoxide rings is 2. The summed E-state index contributed by atoms with van der Waals surface area (Å²) in [5.41, 5.74) is -1.01. The van der Waals surface area contributed by atoms with Crippen LogP contribution in [0.4, 0.5) is 0 Å². The Morgan fingerprint density at radius 2 is 1.59 bits per heavy atom. The molecule has 17 heavy (non-hydrogen) atoms. The second-order valence-corrected chi connectivity index (χ2v) is 4.80. The van der Waals surface area contributed by atoms with Crippen molar-refractivity contribution >= 4 is 11.9 Å². The monoisotopic (exact) mass is 244 g/mol. The molecule has 0 amide bonds. The number of aliphatic carboxylic acids is 2. The predicted molar refractivity (Wildman–Crippen MR) is 55.7 cm³/mol. The Hall–Kier alpha value is -1.14. The summed E-state index contributed by atoms with van der Waals surface area (Å²) < 4.78 is 10.1. The van der Waals surface area contributed by atoms with E-state index in [1.165, 1.54) is 0 Å². The number of hydrogen-bond donors (Lipinski definition) is 2. The summed E-state index contributed by atoms with van der Waals surface area (Å²) in [5.74, 6) is -1.91. The van der Waals surface area contributed by atoms with Crippen molar-refractivity contribution in [2.75, 3.05) is 13.2 Å².